The van der Waals surface area contributed by atoms with E-state index in [2.05, 4.69) is 26.1 Å². The molecule has 2 heterocycles. The van der Waals surface area contributed by atoms with Crippen LogP contribution in [0.5, 0.6) is 0 Å². The molecule has 172 valence electrons. The van der Waals surface area contributed by atoms with Gasteiger partial charge >= 0.3 is 0 Å². The third-order valence-electron chi connectivity index (χ3n) is 6.76. The van der Waals surface area contributed by atoms with Gasteiger partial charge in [0.25, 0.3) is 5.91 Å². The molecule has 1 fully saturated rings. The van der Waals surface area contributed by atoms with Crippen LogP contribution in [-0.4, -0.2) is 33.2 Å². The van der Waals surface area contributed by atoms with E-state index < -0.39 is 5.54 Å². The molecule has 6 nitrogen and oxygen atoms in total. The van der Waals surface area contributed by atoms with E-state index in [0.717, 1.165) is 36.9 Å². The molecule has 0 radical (unpaired) electrons. The van der Waals surface area contributed by atoms with Gasteiger partial charge < -0.3 is 5.32 Å². The van der Waals surface area contributed by atoms with Gasteiger partial charge in [-0.25, -0.2) is 0 Å². The van der Waals surface area contributed by atoms with Crippen LogP contribution in [0.15, 0.2) is 24.3 Å². The number of carbonyl (C=O) groups excluding carboxylic acids is 2. The number of halogens is 1. The molecule has 4 rings (SSSR count). The van der Waals surface area contributed by atoms with Gasteiger partial charge in [0.05, 0.1) is 12.2 Å². The number of carbonyl (C=O) groups is 2. The molecule has 1 N–H and O–H groups in total. The largest absolute Gasteiger partial charge is 0.351 e. The molecule has 0 spiro atoms. The summed E-state index contributed by atoms with van der Waals surface area (Å²) in [5.41, 5.74) is 1.55. The highest BCUT2D eigenvalue weighted by Gasteiger charge is 2.50. The molecule has 1 saturated carbocycles. The van der Waals surface area contributed by atoms with Crippen LogP contribution in [-0.2, 0) is 16.8 Å². The molecule has 1 aliphatic heterocycles. The lowest BCUT2D eigenvalue weighted by atomic mass is 9.90. The van der Waals surface area contributed by atoms with E-state index in [-0.39, 0.29) is 29.8 Å². The summed E-state index contributed by atoms with van der Waals surface area (Å²) in [6.07, 6.45) is 5.41. The van der Waals surface area contributed by atoms with E-state index >= 15 is 0 Å². The molecule has 2 aliphatic rings. The van der Waals surface area contributed by atoms with E-state index in [0.29, 0.717) is 16.4 Å². The summed E-state index contributed by atoms with van der Waals surface area (Å²) in [6, 6.07) is 7.47. The Morgan fingerprint density at radius 1 is 1.19 bits per heavy atom. The molecule has 0 unspecified atom stereocenters. The second-order valence-corrected chi connectivity index (χ2v) is 10.9. The van der Waals surface area contributed by atoms with Crippen molar-refractivity contribution in [1.82, 2.24) is 15.1 Å². The second kappa shape index (κ2) is 8.22. The van der Waals surface area contributed by atoms with Gasteiger partial charge in [0.15, 0.2) is 0 Å². The standard InChI is InChI=1S/C25H33ClN4O2/c1-16-11-12-17(26)13-19(16)30-22(31)20-14-21(24(2,3)4)28-29(20)15-25(30,5)23(32)27-18-9-7-6-8-10-18/h11-14,18H,6-10,15H2,1-5H3,(H,27,32)/t25-/m1/s1. The zero-order chi connectivity index (χ0) is 23.3. The molecule has 1 aromatic heterocycles. The molecular weight excluding hydrogens is 424 g/mol. The number of rotatable bonds is 3. The topological polar surface area (TPSA) is 67.2 Å². The first-order valence-corrected chi connectivity index (χ1v) is 11.9. The highest BCUT2D eigenvalue weighted by Crippen LogP contribution is 2.37. The number of aromatic nitrogens is 2. The van der Waals surface area contributed by atoms with Crippen molar-refractivity contribution in [2.45, 2.75) is 90.3 Å². The zero-order valence-corrected chi connectivity index (χ0v) is 20.4. The van der Waals surface area contributed by atoms with Gasteiger partial charge in [0, 0.05) is 22.2 Å². The molecule has 0 bridgehead atoms. The Bertz CT molecular complexity index is 1050. The van der Waals surface area contributed by atoms with Crippen LogP contribution in [0.2, 0.25) is 5.02 Å². The van der Waals surface area contributed by atoms with Crippen molar-refractivity contribution in [3.05, 3.63) is 46.2 Å². The Labute approximate surface area is 195 Å². The Balaban J connectivity index is 1.81. The fourth-order valence-corrected chi connectivity index (χ4v) is 4.90. The summed E-state index contributed by atoms with van der Waals surface area (Å²) < 4.78 is 1.71. The first-order chi connectivity index (χ1) is 15.0. The first kappa shape index (κ1) is 22.8. The Morgan fingerprint density at radius 3 is 2.53 bits per heavy atom. The number of amides is 2. The van der Waals surface area contributed by atoms with Crippen molar-refractivity contribution in [2.75, 3.05) is 4.90 Å². The molecule has 0 saturated heterocycles. The van der Waals surface area contributed by atoms with Crippen LogP contribution < -0.4 is 10.2 Å². The minimum Gasteiger partial charge on any atom is -0.351 e. The van der Waals surface area contributed by atoms with E-state index in [9.17, 15) is 9.59 Å². The van der Waals surface area contributed by atoms with Gasteiger partial charge in [-0.2, -0.15) is 5.10 Å². The number of nitrogens with zero attached hydrogens (tertiary/aromatic N) is 3. The van der Waals surface area contributed by atoms with Crippen molar-refractivity contribution in [3.8, 4) is 0 Å². The number of benzene rings is 1. The van der Waals surface area contributed by atoms with Gasteiger partial charge in [0.1, 0.15) is 11.2 Å². The highest BCUT2D eigenvalue weighted by atomic mass is 35.5. The zero-order valence-electron chi connectivity index (χ0n) is 19.7. The normalized spacial score (nSPS) is 22.1. The van der Waals surface area contributed by atoms with Crippen LogP contribution in [0.1, 0.15) is 81.5 Å². The van der Waals surface area contributed by atoms with Crippen LogP contribution in [0.3, 0.4) is 0 Å². The number of nitrogens with one attached hydrogen (secondary N) is 1. The average Bonchev–Trinajstić information content (AvgIpc) is 3.16. The summed E-state index contributed by atoms with van der Waals surface area (Å²) in [5, 5.41) is 8.50. The maximum absolute atomic E-state index is 13.9. The Morgan fingerprint density at radius 2 is 1.88 bits per heavy atom. The van der Waals surface area contributed by atoms with Crippen molar-refractivity contribution in [2.24, 2.45) is 0 Å². The van der Waals surface area contributed by atoms with Crippen molar-refractivity contribution in [1.29, 1.82) is 0 Å². The van der Waals surface area contributed by atoms with Gasteiger partial charge in [0.2, 0.25) is 5.91 Å². The predicted molar refractivity (Wildman–Crippen MR) is 127 cm³/mol. The maximum Gasteiger partial charge on any atom is 0.277 e. The lowest BCUT2D eigenvalue weighted by Crippen LogP contribution is -2.65. The number of anilines is 1. The van der Waals surface area contributed by atoms with Gasteiger partial charge in [-0.3, -0.25) is 19.2 Å². The summed E-state index contributed by atoms with van der Waals surface area (Å²) >= 11 is 6.32. The molecule has 2 aromatic rings. The maximum atomic E-state index is 13.9. The number of hydrogen-bond acceptors (Lipinski definition) is 3. The fourth-order valence-electron chi connectivity index (χ4n) is 4.74. The Hall–Kier alpha value is -2.34. The SMILES string of the molecule is Cc1ccc(Cl)cc1N1C(=O)c2cc(C(C)(C)C)nn2C[C@]1(C)C(=O)NC1CCCCC1. The summed E-state index contributed by atoms with van der Waals surface area (Å²) in [6.45, 7) is 10.3. The van der Waals surface area contributed by atoms with Gasteiger partial charge in [-0.15, -0.1) is 0 Å². The molecule has 1 aromatic carbocycles. The van der Waals surface area contributed by atoms with E-state index in [1.165, 1.54) is 6.42 Å². The number of hydrogen-bond donors (Lipinski definition) is 1. The summed E-state index contributed by atoms with van der Waals surface area (Å²) in [7, 11) is 0. The summed E-state index contributed by atoms with van der Waals surface area (Å²) in [5.74, 6) is -0.374. The van der Waals surface area contributed by atoms with Crippen molar-refractivity contribution >= 4 is 29.1 Å². The van der Waals surface area contributed by atoms with E-state index in [1.807, 2.05) is 26.0 Å². The molecule has 1 atom stereocenters. The molecule has 2 amide bonds. The third kappa shape index (κ3) is 4.05. The van der Waals surface area contributed by atoms with Crippen LogP contribution in [0.4, 0.5) is 5.69 Å². The molecule has 7 heteroatoms. The summed E-state index contributed by atoms with van der Waals surface area (Å²) in [4.78, 5) is 29.3. The van der Waals surface area contributed by atoms with E-state index in [1.54, 1.807) is 21.7 Å². The fraction of sp³-hybridized carbons (Fsp3) is 0.560. The minimum atomic E-state index is -1.13. The lowest BCUT2D eigenvalue weighted by molar-refractivity contribution is -0.127. The monoisotopic (exact) mass is 456 g/mol. The second-order valence-electron chi connectivity index (χ2n) is 10.5. The van der Waals surface area contributed by atoms with Gasteiger partial charge in [-0.1, -0.05) is 57.7 Å². The van der Waals surface area contributed by atoms with Crippen molar-refractivity contribution < 1.29 is 9.59 Å². The molecule has 32 heavy (non-hydrogen) atoms. The molecular formula is C25H33ClN4O2. The van der Waals surface area contributed by atoms with Crippen LogP contribution in [0, 0.1) is 6.92 Å². The third-order valence-corrected chi connectivity index (χ3v) is 7.00. The minimum absolute atomic E-state index is 0.143. The highest BCUT2D eigenvalue weighted by molar-refractivity contribution is 6.31. The quantitative estimate of drug-likeness (QED) is 0.705. The lowest BCUT2D eigenvalue weighted by Gasteiger charge is -2.44. The first-order valence-electron chi connectivity index (χ1n) is 11.5. The predicted octanol–water partition coefficient (Wildman–Crippen LogP) is 5.01. The Kier molecular flexibility index (Phi) is 5.86. The molecule has 1 aliphatic carbocycles. The van der Waals surface area contributed by atoms with E-state index in [4.69, 9.17) is 16.7 Å². The van der Waals surface area contributed by atoms with Crippen molar-refractivity contribution in [3.63, 3.8) is 0 Å². The van der Waals surface area contributed by atoms with Crippen LogP contribution in [0.25, 0.3) is 0 Å². The number of fused-ring (bicyclic) bond motifs is 1. The number of aryl methyl sites for hydroxylation is 1. The average molecular weight is 457 g/mol. The smallest absolute Gasteiger partial charge is 0.277 e. The van der Waals surface area contributed by atoms with Gasteiger partial charge in [-0.05, 0) is 50.5 Å². The van der Waals surface area contributed by atoms with Crippen LogP contribution >= 0.6 is 11.6 Å².